The number of nitrogens with two attached hydrogens (primary N) is 1. The molecule has 2 fully saturated rings. The quantitative estimate of drug-likeness (QED) is 0.747. The third kappa shape index (κ3) is 4.18. The van der Waals surface area contributed by atoms with E-state index >= 15 is 0 Å². The number of hydrogen-bond acceptors (Lipinski definition) is 5. The summed E-state index contributed by atoms with van der Waals surface area (Å²) in [6.45, 7) is 7.36. The molecule has 0 spiro atoms. The zero-order chi connectivity index (χ0) is 15.5. The zero-order valence-electron chi connectivity index (χ0n) is 13.8. The lowest BCUT2D eigenvalue weighted by atomic mass is 9.97. The van der Waals surface area contributed by atoms with Gasteiger partial charge >= 0.3 is 5.97 Å². The van der Waals surface area contributed by atoms with E-state index in [4.69, 9.17) is 10.5 Å². The van der Waals surface area contributed by atoms with Crippen molar-refractivity contribution < 1.29 is 9.53 Å². The van der Waals surface area contributed by atoms with Crippen LogP contribution >= 0.6 is 0 Å². The van der Waals surface area contributed by atoms with Gasteiger partial charge in [0.2, 0.25) is 0 Å². The van der Waals surface area contributed by atoms with Crippen LogP contribution in [0.1, 0.15) is 46.0 Å². The van der Waals surface area contributed by atoms with Crippen molar-refractivity contribution in [2.24, 2.45) is 5.73 Å². The van der Waals surface area contributed by atoms with Gasteiger partial charge in [-0.3, -0.25) is 9.69 Å². The molecule has 0 amide bonds. The lowest BCUT2D eigenvalue weighted by Crippen LogP contribution is -2.46. The molecule has 2 rings (SSSR count). The summed E-state index contributed by atoms with van der Waals surface area (Å²) < 4.78 is 5.04. The smallest absolute Gasteiger partial charge is 0.325 e. The Kier molecular flexibility index (Phi) is 5.63. The maximum atomic E-state index is 11.8. The van der Waals surface area contributed by atoms with Gasteiger partial charge in [-0.15, -0.1) is 0 Å². The van der Waals surface area contributed by atoms with Crippen LogP contribution in [0.5, 0.6) is 0 Å². The Bertz CT molecular complexity index is 359. The first kappa shape index (κ1) is 16.7. The third-order valence-electron chi connectivity index (χ3n) is 5.14. The van der Waals surface area contributed by atoms with Crippen molar-refractivity contribution in [3.63, 3.8) is 0 Å². The molecule has 122 valence electrons. The minimum Gasteiger partial charge on any atom is -0.465 e. The van der Waals surface area contributed by atoms with Crippen LogP contribution in [0.15, 0.2) is 0 Å². The van der Waals surface area contributed by atoms with Crippen LogP contribution in [0.25, 0.3) is 0 Å². The molecule has 2 aliphatic rings. The Morgan fingerprint density at radius 2 is 2.05 bits per heavy atom. The monoisotopic (exact) mass is 297 g/mol. The van der Waals surface area contributed by atoms with Crippen molar-refractivity contribution in [1.29, 1.82) is 0 Å². The van der Waals surface area contributed by atoms with E-state index in [1.54, 1.807) is 6.92 Å². The van der Waals surface area contributed by atoms with E-state index in [9.17, 15) is 4.79 Å². The molecule has 2 heterocycles. The van der Waals surface area contributed by atoms with Gasteiger partial charge in [0, 0.05) is 18.6 Å². The highest BCUT2D eigenvalue weighted by Crippen LogP contribution is 2.28. The maximum Gasteiger partial charge on any atom is 0.325 e. The molecule has 5 nitrogen and oxygen atoms in total. The van der Waals surface area contributed by atoms with Crippen LogP contribution < -0.4 is 5.73 Å². The first-order valence-electron chi connectivity index (χ1n) is 8.34. The number of ether oxygens (including phenoxy) is 1. The molecule has 2 saturated heterocycles. The van der Waals surface area contributed by atoms with Gasteiger partial charge in [-0.1, -0.05) is 0 Å². The van der Waals surface area contributed by atoms with E-state index in [-0.39, 0.29) is 5.97 Å². The van der Waals surface area contributed by atoms with Gasteiger partial charge in [0.15, 0.2) is 0 Å². The largest absolute Gasteiger partial charge is 0.465 e. The molecule has 0 aromatic rings. The normalized spacial score (nSPS) is 29.9. The van der Waals surface area contributed by atoms with Gasteiger partial charge < -0.3 is 15.4 Å². The second kappa shape index (κ2) is 7.07. The van der Waals surface area contributed by atoms with Gasteiger partial charge in [-0.25, -0.2) is 0 Å². The zero-order valence-corrected chi connectivity index (χ0v) is 13.8. The summed E-state index contributed by atoms with van der Waals surface area (Å²) in [6.07, 6.45) is 5.60. The fourth-order valence-electron chi connectivity index (χ4n) is 3.65. The Labute approximate surface area is 128 Å². The molecule has 0 radical (unpaired) electrons. The summed E-state index contributed by atoms with van der Waals surface area (Å²) in [5.41, 5.74) is 5.22. The van der Waals surface area contributed by atoms with E-state index in [0.29, 0.717) is 19.1 Å². The van der Waals surface area contributed by atoms with Crippen LogP contribution in [-0.2, 0) is 9.53 Å². The molecule has 21 heavy (non-hydrogen) atoms. The van der Waals surface area contributed by atoms with E-state index in [1.165, 1.54) is 25.8 Å². The van der Waals surface area contributed by atoms with Gasteiger partial charge in [0.1, 0.15) is 5.54 Å². The first-order valence-corrected chi connectivity index (χ1v) is 8.34. The van der Waals surface area contributed by atoms with Crippen LogP contribution in [0.4, 0.5) is 0 Å². The first-order chi connectivity index (χ1) is 9.94. The Balaban J connectivity index is 1.75. The second-order valence-corrected chi connectivity index (χ2v) is 6.88. The van der Waals surface area contributed by atoms with Crippen molar-refractivity contribution >= 4 is 5.97 Å². The second-order valence-electron chi connectivity index (χ2n) is 6.88. The molecular weight excluding hydrogens is 266 g/mol. The summed E-state index contributed by atoms with van der Waals surface area (Å²) in [5, 5.41) is 0. The van der Waals surface area contributed by atoms with Crippen molar-refractivity contribution in [1.82, 2.24) is 9.80 Å². The lowest BCUT2D eigenvalue weighted by molar-refractivity contribution is -0.149. The Hall–Kier alpha value is -0.650. The third-order valence-corrected chi connectivity index (χ3v) is 5.14. The molecule has 0 aromatic carbocycles. The van der Waals surface area contributed by atoms with Crippen LogP contribution in [0, 0.1) is 0 Å². The molecule has 2 bridgehead atoms. The average molecular weight is 297 g/mol. The van der Waals surface area contributed by atoms with E-state index in [1.807, 2.05) is 6.92 Å². The van der Waals surface area contributed by atoms with Gasteiger partial charge in [0.25, 0.3) is 0 Å². The average Bonchev–Trinajstić information content (AvgIpc) is 2.66. The molecule has 0 aromatic heterocycles. The number of carbonyl (C=O) groups excluding carboxylic acids is 1. The summed E-state index contributed by atoms with van der Waals surface area (Å²) in [6, 6.07) is 1.49. The minimum absolute atomic E-state index is 0.278. The number of esters is 1. The number of carbonyl (C=O) groups is 1. The molecule has 3 atom stereocenters. The van der Waals surface area contributed by atoms with E-state index in [0.717, 1.165) is 25.6 Å². The number of hydrogen-bond donors (Lipinski definition) is 1. The summed E-state index contributed by atoms with van der Waals surface area (Å²) in [7, 11) is 2.27. The van der Waals surface area contributed by atoms with E-state index in [2.05, 4.69) is 16.8 Å². The summed E-state index contributed by atoms with van der Waals surface area (Å²) in [5.74, 6) is -0.278. The molecule has 3 unspecified atom stereocenters. The van der Waals surface area contributed by atoms with Crippen molar-refractivity contribution in [3.05, 3.63) is 0 Å². The number of rotatable bonds is 6. The number of fused-ring (bicyclic) bond motifs is 2. The van der Waals surface area contributed by atoms with Gasteiger partial charge in [-0.2, -0.15) is 0 Å². The molecule has 0 aliphatic carbocycles. The maximum absolute atomic E-state index is 11.8. The lowest BCUT2D eigenvalue weighted by Gasteiger charge is -2.27. The van der Waals surface area contributed by atoms with Crippen LogP contribution in [-0.4, -0.2) is 66.7 Å². The highest BCUT2D eigenvalue weighted by molar-refractivity contribution is 5.79. The van der Waals surface area contributed by atoms with Crippen molar-refractivity contribution in [2.45, 2.75) is 63.6 Å². The predicted molar refractivity (Wildman–Crippen MR) is 84.1 cm³/mol. The molecule has 0 saturated carbocycles. The molecule has 5 heteroatoms. The highest BCUT2D eigenvalue weighted by Gasteiger charge is 2.35. The minimum atomic E-state index is -0.850. The predicted octanol–water partition coefficient (Wildman–Crippen LogP) is 1.22. The SMILES string of the molecule is CCOC(=O)C(C)(N)CCCN1CCC2CCC(C1)N2C. The molecule has 2 N–H and O–H groups in total. The van der Waals surface area contributed by atoms with E-state index < -0.39 is 5.54 Å². The molecular formula is C16H31N3O2. The van der Waals surface area contributed by atoms with Crippen LogP contribution in [0.2, 0.25) is 0 Å². The highest BCUT2D eigenvalue weighted by atomic mass is 16.5. The van der Waals surface area contributed by atoms with Gasteiger partial charge in [-0.05, 0) is 66.1 Å². The standard InChI is InChI=1S/C16H31N3O2/c1-4-21-15(20)16(2,17)9-5-10-19-11-8-13-6-7-14(12-19)18(13)3/h13-14H,4-12,17H2,1-3H3. The number of nitrogens with zero attached hydrogens (tertiary/aromatic N) is 2. The fraction of sp³-hybridized carbons (Fsp3) is 0.938. The van der Waals surface area contributed by atoms with Crippen molar-refractivity contribution in [3.8, 4) is 0 Å². The summed E-state index contributed by atoms with van der Waals surface area (Å²) in [4.78, 5) is 16.9. The number of likely N-dealkylation sites (N-methyl/N-ethyl adjacent to an activating group) is 1. The van der Waals surface area contributed by atoms with Crippen molar-refractivity contribution in [2.75, 3.05) is 33.3 Å². The topological polar surface area (TPSA) is 58.8 Å². The summed E-state index contributed by atoms with van der Waals surface area (Å²) >= 11 is 0. The molecule has 2 aliphatic heterocycles. The van der Waals surface area contributed by atoms with Crippen LogP contribution in [0.3, 0.4) is 0 Å². The Morgan fingerprint density at radius 3 is 2.76 bits per heavy atom. The Morgan fingerprint density at radius 1 is 1.33 bits per heavy atom. The number of likely N-dealkylation sites (tertiary alicyclic amines) is 1. The fourth-order valence-corrected chi connectivity index (χ4v) is 3.65. The van der Waals surface area contributed by atoms with Gasteiger partial charge in [0.05, 0.1) is 6.61 Å².